The third-order valence-electron chi connectivity index (χ3n) is 9.40. The Morgan fingerprint density at radius 3 is 1.72 bits per heavy atom. The van der Waals surface area contributed by atoms with Crippen LogP contribution in [0.2, 0.25) is 0 Å². The van der Waals surface area contributed by atoms with Gasteiger partial charge in [-0.1, -0.05) is 121 Å². The average Bonchev–Trinajstić information content (AvgIpc) is 3.46. The molecule has 9 aromatic rings. The first-order valence-electron chi connectivity index (χ1n) is 15.6. The Kier molecular flexibility index (Phi) is 5.28. The number of nitrogens with zero attached hydrogens (tertiary/aromatic N) is 3. The molecule has 0 saturated heterocycles. The summed E-state index contributed by atoms with van der Waals surface area (Å²) >= 11 is 0. The summed E-state index contributed by atoms with van der Waals surface area (Å²) in [6.45, 7) is 0. The van der Waals surface area contributed by atoms with Crippen molar-refractivity contribution in [2.24, 2.45) is 0 Å². The summed E-state index contributed by atoms with van der Waals surface area (Å²) in [6.07, 6.45) is 0. The van der Waals surface area contributed by atoms with Crippen LogP contribution in [0.4, 0.5) is 0 Å². The first-order valence-corrected chi connectivity index (χ1v) is 15.6. The molecule has 6 aromatic carbocycles. The van der Waals surface area contributed by atoms with Crippen molar-refractivity contribution in [2.45, 2.75) is 0 Å². The van der Waals surface area contributed by atoms with E-state index in [4.69, 9.17) is 15.0 Å². The summed E-state index contributed by atoms with van der Waals surface area (Å²) in [5, 5.41) is 5.86. The maximum Gasteiger partial charge on any atom is 0.0973 e. The third-order valence-corrected chi connectivity index (χ3v) is 9.40. The predicted octanol–water partition coefficient (Wildman–Crippen LogP) is 11.1. The Bertz CT molecular complexity index is 2680. The molecule has 3 heterocycles. The average molecular weight is 584 g/mol. The van der Waals surface area contributed by atoms with Crippen LogP contribution in [-0.4, -0.2) is 15.0 Å². The van der Waals surface area contributed by atoms with E-state index in [0.717, 1.165) is 55.4 Å². The molecule has 3 nitrogen and oxygen atoms in total. The highest BCUT2D eigenvalue weighted by atomic mass is 14.8. The standard InChI is InChI=1S/C43H25N3/c1-4-14-37-26(7-1)17-23-39(44-37)40-24-19-28-16-15-27-18-22-38(45-42(27)43(28)46-40)30-9-5-8-29(25-30)31-20-21-36-33-11-3-2-10-32(33)35-13-6-12-34(31)41(35)36/h1-25H. The zero-order chi connectivity index (χ0) is 30.2. The van der Waals surface area contributed by atoms with Crippen LogP contribution in [0, 0.1) is 0 Å². The zero-order valence-corrected chi connectivity index (χ0v) is 24.8. The number of hydrogen-bond donors (Lipinski definition) is 0. The minimum absolute atomic E-state index is 0.842. The first-order chi connectivity index (χ1) is 22.8. The van der Waals surface area contributed by atoms with Gasteiger partial charge in [0.1, 0.15) is 0 Å². The molecule has 0 radical (unpaired) electrons. The number of rotatable bonds is 3. The zero-order valence-electron chi connectivity index (χ0n) is 24.8. The molecular formula is C43H25N3. The lowest BCUT2D eigenvalue weighted by molar-refractivity contribution is 1.31. The molecule has 212 valence electrons. The van der Waals surface area contributed by atoms with E-state index < -0.39 is 0 Å². The van der Waals surface area contributed by atoms with Crippen molar-refractivity contribution in [3.63, 3.8) is 0 Å². The minimum atomic E-state index is 0.842. The molecule has 0 N–H and O–H groups in total. The van der Waals surface area contributed by atoms with Gasteiger partial charge in [-0.05, 0) is 74.5 Å². The molecule has 10 rings (SSSR count). The van der Waals surface area contributed by atoms with E-state index >= 15 is 0 Å². The summed E-state index contributed by atoms with van der Waals surface area (Å²) < 4.78 is 0. The van der Waals surface area contributed by atoms with Crippen LogP contribution in [0.25, 0.3) is 99.5 Å². The van der Waals surface area contributed by atoms with Crippen LogP contribution >= 0.6 is 0 Å². The quantitative estimate of drug-likeness (QED) is 0.194. The number of aromatic nitrogens is 3. The van der Waals surface area contributed by atoms with Gasteiger partial charge in [0.25, 0.3) is 0 Å². The molecule has 0 amide bonds. The first kappa shape index (κ1) is 25.2. The highest BCUT2D eigenvalue weighted by molar-refractivity contribution is 6.18. The van der Waals surface area contributed by atoms with E-state index in [0.29, 0.717) is 0 Å². The summed E-state index contributed by atoms with van der Waals surface area (Å²) in [6, 6.07) is 53.8. The lowest BCUT2D eigenvalue weighted by Crippen LogP contribution is -1.92. The highest BCUT2D eigenvalue weighted by Gasteiger charge is 2.22. The second-order valence-corrected chi connectivity index (χ2v) is 12.0. The van der Waals surface area contributed by atoms with Crippen molar-refractivity contribution >= 4 is 43.5 Å². The van der Waals surface area contributed by atoms with E-state index in [-0.39, 0.29) is 0 Å². The van der Waals surface area contributed by atoms with Crippen LogP contribution < -0.4 is 0 Å². The lowest BCUT2D eigenvalue weighted by Gasteiger charge is -2.12. The Morgan fingerprint density at radius 1 is 0.326 bits per heavy atom. The number of hydrogen-bond acceptors (Lipinski definition) is 3. The second-order valence-electron chi connectivity index (χ2n) is 12.0. The molecule has 3 heteroatoms. The van der Waals surface area contributed by atoms with E-state index in [1.807, 2.05) is 24.3 Å². The van der Waals surface area contributed by atoms with Gasteiger partial charge in [0.05, 0.1) is 33.6 Å². The molecule has 46 heavy (non-hydrogen) atoms. The Balaban J connectivity index is 1.10. The Labute approximate surface area is 265 Å². The van der Waals surface area contributed by atoms with Crippen molar-refractivity contribution in [1.29, 1.82) is 0 Å². The molecule has 0 fully saturated rings. The fourth-order valence-electron chi connectivity index (χ4n) is 7.19. The molecule has 0 saturated carbocycles. The smallest absolute Gasteiger partial charge is 0.0973 e. The normalized spacial score (nSPS) is 11.9. The van der Waals surface area contributed by atoms with Crippen molar-refractivity contribution in [2.75, 3.05) is 0 Å². The van der Waals surface area contributed by atoms with Gasteiger partial charge in [-0.2, -0.15) is 0 Å². The Morgan fingerprint density at radius 2 is 0.891 bits per heavy atom. The molecule has 0 atom stereocenters. The van der Waals surface area contributed by atoms with Crippen LogP contribution in [-0.2, 0) is 0 Å². The van der Waals surface area contributed by atoms with Gasteiger partial charge in [0.15, 0.2) is 0 Å². The van der Waals surface area contributed by atoms with Gasteiger partial charge >= 0.3 is 0 Å². The molecule has 0 unspecified atom stereocenters. The minimum Gasteiger partial charge on any atom is -0.246 e. The van der Waals surface area contributed by atoms with E-state index in [9.17, 15) is 0 Å². The van der Waals surface area contributed by atoms with E-state index in [1.54, 1.807) is 0 Å². The summed E-state index contributed by atoms with van der Waals surface area (Å²) in [5.74, 6) is 0. The largest absolute Gasteiger partial charge is 0.246 e. The number of fused-ring (bicyclic) bond motifs is 7. The molecule has 1 aliphatic rings. The van der Waals surface area contributed by atoms with Gasteiger partial charge in [-0.3, -0.25) is 0 Å². The fraction of sp³-hybridized carbons (Fsp3) is 0. The van der Waals surface area contributed by atoms with Gasteiger partial charge in [-0.25, -0.2) is 15.0 Å². The SMILES string of the molecule is c1cc(-c2ccc3ccc4ccc(-c5ccc6ccccc6n5)nc4c3n2)cc(-c2ccc3c4c(cccc24)-c2ccccc2-3)c1. The molecular weight excluding hydrogens is 558 g/mol. The monoisotopic (exact) mass is 583 g/mol. The predicted molar refractivity (Wildman–Crippen MR) is 191 cm³/mol. The number of pyridine rings is 3. The summed E-state index contributed by atoms with van der Waals surface area (Å²) in [5.41, 5.74) is 14.1. The maximum absolute atomic E-state index is 5.24. The molecule has 0 spiro atoms. The second kappa shape index (κ2) is 9.65. The molecule has 1 aliphatic carbocycles. The van der Waals surface area contributed by atoms with Crippen molar-refractivity contribution in [3.05, 3.63) is 152 Å². The van der Waals surface area contributed by atoms with Gasteiger partial charge in [-0.15, -0.1) is 0 Å². The fourth-order valence-corrected chi connectivity index (χ4v) is 7.19. The third kappa shape index (κ3) is 3.75. The summed E-state index contributed by atoms with van der Waals surface area (Å²) in [7, 11) is 0. The van der Waals surface area contributed by atoms with Crippen molar-refractivity contribution in [1.82, 2.24) is 15.0 Å². The van der Waals surface area contributed by atoms with Gasteiger partial charge in [0.2, 0.25) is 0 Å². The van der Waals surface area contributed by atoms with Crippen LogP contribution in [0.3, 0.4) is 0 Å². The van der Waals surface area contributed by atoms with Gasteiger partial charge in [0, 0.05) is 21.7 Å². The van der Waals surface area contributed by atoms with Crippen molar-refractivity contribution in [3.8, 4) is 56.0 Å². The van der Waals surface area contributed by atoms with Gasteiger partial charge < -0.3 is 0 Å². The van der Waals surface area contributed by atoms with Crippen LogP contribution in [0.1, 0.15) is 0 Å². The van der Waals surface area contributed by atoms with E-state index in [2.05, 4.69) is 127 Å². The summed E-state index contributed by atoms with van der Waals surface area (Å²) in [4.78, 5) is 15.3. The molecule has 0 bridgehead atoms. The molecule has 3 aromatic heterocycles. The van der Waals surface area contributed by atoms with Crippen LogP contribution in [0.15, 0.2) is 152 Å². The lowest BCUT2D eigenvalue weighted by atomic mass is 9.93. The van der Waals surface area contributed by atoms with E-state index in [1.165, 1.54) is 44.2 Å². The highest BCUT2D eigenvalue weighted by Crippen LogP contribution is 2.49. The Hall–Kier alpha value is -6.19. The maximum atomic E-state index is 5.24. The number of para-hydroxylation sites is 1. The number of benzene rings is 6. The van der Waals surface area contributed by atoms with Crippen molar-refractivity contribution < 1.29 is 0 Å². The molecule has 0 aliphatic heterocycles. The van der Waals surface area contributed by atoms with Crippen LogP contribution in [0.5, 0.6) is 0 Å². The topological polar surface area (TPSA) is 38.7 Å².